The van der Waals surface area contributed by atoms with Gasteiger partial charge in [0.15, 0.2) is 17.3 Å². The number of benzene rings is 1. The van der Waals surface area contributed by atoms with E-state index in [1.807, 2.05) is 0 Å². The van der Waals surface area contributed by atoms with Crippen LogP contribution in [-0.2, 0) is 0 Å². The van der Waals surface area contributed by atoms with E-state index in [0.29, 0.717) is 22.8 Å². The van der Waals surface area contributed by atoms with Crippen molar-refractivity contribution >= 4 is 0 Å². The first-order valence-corrected chi connectivity index (χ1v) is 7.31. The molecule has 0 radical (unpaired) electrons. The zero-order chi connectivity index (χ0) is 15.0. The van der Waals surface area contributed by atoms with Crippen molar-refractivity contribution in [1.29, 1.82) is 0 Å². The molecule has 1 aliphatic rings. The first-order valence-electron chi connectivity index (χ1n) is 7.31. The number of aromatic hydroxyl groups is 2. The maximum atomic E-state index is 9.53. The second-order valence-corrected chi connectivity index (χ2v) is 6.60. The molecule has 112 valence electrons. The third kappa shape index (κ3) is 2.86. The Bertz CT molecular complexity index is 639. The molecule has 0 amide bonds. The summed E-state index contributed by atoms with van der Waals surface area (Å²) in [5, 5.41) is 23.0. The lowest BCUT2D eigenvalue weighted by Gasteiger charge is -2.32. The van der Waals surface area contributed by atoms with E-state index in [4.69, 9.17) is 4.52 Å². The molecule has 2 N–H and O–H groups in total. The Kier molecular flexibility index (Phi) is 3.35. The van der Waals surface area contributed by atoms with E-state index in [-0.39, 0.29) is 11.5 Å². The molecule has 0 atom stereocenters. The van der Waals surface area contributed by atoms with Gasteiger partial charge in [0.2, 0.25) is 0 Å². The quantitative estimate of drug-likeness (QED) is 0.821. The van der Waals surface area contributed by atoms with E-state index < -0.39 is 0 Å². The van der Waals surface area contributed by atoms with Gasteiger partial charge in [-0.3, -0.25) is 0 Å². The van der Waals surface area contributed by atoms with E-state index in [9.17, 15) is 10.2 Å². The van der Waals surface area contributed by atoms with Crippen molar-refractivity contribution < 1.29 is 14.7 Å². The van der Waals surface area contributed by atoms with Gasteiger partial charge in [-0.15, -0.1) is 0 Å². The molecule has 2 aromatic rings. The predicted octanol–water partition coefficient (Wildman–Crippen LogP) is 3.83. The largest absolute Gasteiger partial charge is 0.504 e. The summed E-state index contributed by atoms with van der Waals surface area (Å²) in [5.74, 6) is 1.12. The van der Waals surface area contributed by atoms with Crippen LogP contribution in [0.2, 0.25) is 0 Å². The highest BCUT2D eigenvalue weighted by Crippen LogP contribution is 2.42. The minimum Gasteiger partial charge on any atom is -0.504 e. The van der Waals surface area contributed by atoms with Gasteiger partial charge in [-0.25, -0.2) is 0 Å². The van der Waals surface area contributed by atoms with Gasteiger partial charge in [0.25, 0.3) is 5.89 Å². The molecule has 1 heterocycles. The highest BCUT2D eigenvalue weighted by Gasteiger charge is 2.30. The molecule has 1 fully saturated rings. The molecule has 5 heteroatoms. The van der Waals surface area contributed by atoms with Gasteiger partial charge < -0.3 is 14.7 Å². The van der Waals surface area contributed by atoms with E-state index in [0.717, 1.165) is 18.7 Å². The van der Waals surface area contributed by atoms with Crippen LogP contribution in [0.15, 0.2) is 22.7 Å². The van der Waals surface area contributed by atoms with Gasteiger partial charge in [-0.2, -0.15) is 4.98 Å². The first-order chi connectivity index (χ1) is 9.94. The Morgan fingerprint density at radius 1 is 1.14 bits per heavy atom. The molecule has 21 heavy (non-hydrogen) atoms. The molecule has 0 unspecified atom stereocenters. The summed E-state index contributed by atoms with van der Waals surface area (Å²) in [4.78, 5) is 4.45. The summed E-state index contributed by atoms with van der Waals surface area (Å²) in [7, 11) is 0. The van der Waals surface area contributed by atoms with Crippen molar-refractivity contribution in [3.8, 4) is 23.0 Å². The Balaban J connectivity index is 1.79. The molecule has 1 aromatic heterocycles. The Morgan fingerprint density at radius 2 is 1.86 bits per heavy atom. The van der Waals surface area contributed by atoms with Gasteiger partial charge in [-0.1, -0.05) is 19.0 Å². The summed E-state index contributed by atoms with van der Waals surface area (Å²) < 4.78 is 5.30. The lowest BCUT2D eigenvalue weighted by molar-refractivity contribution is 0.218. The van der Waals surface area contributed by atoms with Crippen LogP contribution in [0.3, 0.4) is 0 Å². The van der Waals surface area contributed by atoms with Crippen molar-refractivity contribution in [3.63, 3.8) is 0 Å². The fourth-order valence-electron chi connectivity index (χ4n) is 2.83. The zero-order valence-corrected chi connectivity index (χ0v) is 12.3. The minimum atomic E-state index is -0.188. The monoisotopic (exact) mass is 288 g/mol. The molecule has 1 aromatic carbocycles. The highest BCUT2D eigenvalue weighted by atomic mass is 16.5. The summed E-state index contributed by atoms with van der Waals surface area (Å²) >= 11 is 0. The second-order valence-electron chi connectivity index (χ2n) is 6.60. The molecule has 0 bridgehead atoms. The van der Waals surface area contributed by atoms with Crippen molar-refractivity contribution in [2.75, 3.05) is 0 Å². The van der Waals surface area contributed by atoms with E-state index in [1.165, 1.54) is 25.0 Å². The van der Waals surface area contributed by atoms with Crippen LogP contribution in [0.1, 0.15) is 51.3 Å². The van der Waals surface area contributed by atoms with Crippen molar-refractivity contribution in [2.45, 2.75) is 45.4 Å². The first kappa shape index (κ1) is 13.9. The lowest BCUT2D eigenvalue weighted by atomic mass is 9.73. The smallest absolute Gasteiger partial charge is 0.258 e. The molecule has 0 saturated heterocycles. The van der Waals surface area contributed by atoms with Crippen molar-refractivity contribution in [3.05, 3.63) is 24.0 Å². The average Bonchev–Trinajstić information content (AvgIpc) is 2.91. The summed E-state index contributed by atoms with van der Waals surface area (Å²) in [5.41, 5.74) is 1.02. The van der Waals surface area contributed by atoms with Crippen LogP contribution in [0, 0.1) is 5.41 Å². The maximum Gasteiger partial charge on any atom is 0.258 e. The predicted molar refractivity (Wildman–Crippen MR) is 78.1 cm³/mol. The molecule has 1 aliphatic carbocycles. The molecule has 1 saturated carbocycles. The SMILES string of the molecule is CC1(C)CCC(c2noc(-c3ccc(O)c(O)c3)n2)CC1. The third-order valence-electron chi connectivity index (χ3n) is 4.37. The average molecular weight is 288 g/mol. The Labute approximate surface area is 123 Å². The number of phenolic OH excluding ortho intramolecular Hbond substituents is 2. The van der Waals surface area contributed by atoms with Gasteiger partial charge in [-0.05, 0) is 49.3 Å². The van der Waals surface area contributed by atoms with E-state index in [2.05, 4.69) is 24.0 Å². The molecule has 3 rings (SSSR count). The van der Waals surface area contributed by atoms with Crippen LogP contribution in [0.25, 0.3) is 11.5 Å². The summed E-state index contributed by atoms with van der Waals surface area (Å²) in [6.07, 6.45) is 4.49. The number of phenols is 2. The van der Waals surface area contributed by atoms with Crippen LogP contribution in [0.4, 0.5) is 0 Å². The fourth-order valence-corrected chi connectivity index (χ4v) is 2.83. The molecule has 0 aliphatic heterocycles. The van der Waals surface area contributed by atoms with Crippen molar-refractivity contribution in [2.24, 2.45) is 5.41 Å². The number of nitrogens with zero attached hydrogens (tertiary/aromatic N) is 2. The minimum absolute atomic E-state index is 0.159. The number of aromatic nitrogens is 2. The Hall–Kier alpha value is -2.04. The van der Waals surface area contributed by atoms with Gasteiger partial charge in [0.1, 0.15) is 0 Å². The van der Waals surface area contributed by atoms with Crippen molar-refractivity contribution in [1.82, 2.24) is 10.1 Å². The van der Waals surface area contributed by atoms with Crippen LogP contribution in [0.5, 0.6) is 11.5 Å². The maximum absolute atomic E-state index is 9.53. The Morgan fingerprint density at radius 3 is 2.52 bits per heavy atom. The van der Waals surface area contributed by atoms with Crippen LogP contribution >= 0.6 is 0 Å². The summed E-state index contributed by atoms with van der Waals surface area (Å²) in [6.45, 7) is 4.59. The van der Waals surface area contributed by atoms with Gasteiger partial charge >= 0.3 is 0 Å². The number of hydrogen-bond acceptors (Lipinski definition) is 5. The van der Waals surface area contributed by atoms with Gasteiger partial charge in [0, 0.05) is 11.5 Å². The highest BCUT2D eigenvalue weighted by molar-refractivity contribution is 5.58. The normalized spacial score (nSPS) is 18.8. The van der Waals surface area contributed by atoms with E-state index in [1.54, 1.807) is 6.07 Å². The standard InChI is InChI=1S/C16H20N2O3/c1-16(2)7-5-10(6-8-16)14-17-15(21-18-14)11-3-4-12(19)13(20)9-11/h3-4,9-10,19-20H,5-8H2,1-2H3. The summed E-state index contributed by atoms with van der Waals surface area (Å²) in [6, 6.07) is 4.49. The number of hydrogen-bond donors (Lipinski definition) is 2. The zero-order valence-electron chi connectivity index (χ0n) is 12.3. The van der Waals surface area contributed by atoms with Crippen LogP contribution in [-0.4, -0.2) is 20.4 Å². The molecule has 0 spiro atoms. The van der Waals surface area contributed by atoms with E-state index >= 15 is 0 Å². The second kappa shape index (κ2) is 5.06. The molecule has 5 nitrogen and oxygen atoms in total. The lowest BCUT2D eigenvalue weighted by Crippen LogP contribution is -2.20. The fraction of sp³-hybridized carbons (Fsp3) is 0.500. The molecular weight excluding hydrogens is 268 g/mol. The topological polar surface area (TPSA) is 79.4 Å². The number of rotatable bonds is 2. The third-order valence-corrected chi connectivity index (χ3v) is 4.37. The van der Waals surface area contributed by atoms with Crippen LogP contribution < -0.4 is 0 Å². The molecular formula is C16H20N2O3. The van der Waals surface area contributed by atoms with Gasteiger partial charge in [0.05, 0.1) is 0 Å².